The summed E-state index contributed by atoms with van der Waals surface area (Å²) in [6.45, 7) is 3.09. The van der Waals surface area contributed by atoms with Gasteiger partial charge in [0.2, 0.25) is 0 Å². The van der Waals surface area contributed by atoms with Crippen LogP contribution in [0.5, 0.6) is 5.75 Å². The van der Waals surface area contributed by atoms with Crippen molar-refractivity contribution in [2.75, 3.05) is 13.7 Å². The second-order valence-corrected chi connectivity index (χ2v) is 5.63. The van der Waals surface area contributed by atoms with Crippen LogP contribution in [0.2, 0.25) is 0 Å². The molecule has 0 amide bonds. The highest BCUT2D eigenvalue weighted by Gasteiger charge is 2.16. The van der Waals surface area contributed by atoms with Gasteiger partial charge in [-0.05, 0) is 42.8 Å². The first-order valence-electron chi connectivity index (χ1n) is 8.20. The van der Waals surface area contributed by atoms with E-state index in [9.17, 15) is 4.79 Å². The Morgan fingerprint density at radius 2 is 1.78 bits per heavy atom. The van der Waals surface area contributed by atoms with Gasteiger partial charge < -0.3 is 10.1 Å². The first-order valence-corrected chi connectivity index (χ1v) is 8.20. The lowest BCUT2D eigenvalue weighted by Gasteiger charge is -2.18. The van der Waals surface area contributed by atoms with Crippen molar-refractivity contribution < 1.29 is 9.53 Å². The summed E-state index contributed by atoms with van der Waals surface area (Å²) >= 11 is 0. The number of hydrogen-bond donors (Lipinski definition) is 1. The summed E-state index contributed by atoms with van der Waals surface area (Å²) in [5, 5.41) is 3.51. The van der Waals surface area contributed by atoms with Crippen molar-refractivity contribution in [2.24, 2.45) is 0 Å². The molecule has 23 heavy (non-hydrogen) atoms. The smallest absolute Gasteiger partial charge is 0.164 e. The molecule has 0 fully saturated rings. The number of ether oxygens (including phenoxy) is 1. The van der Waals surface area contributed by atoms with Crippen LogP contribution in [0, 0.1) is 0 Å². The number of hydrogen-bond acceptors (Lipinski definition) is 3. The third-order valence-corrected chi connectivity index (χ3v) is 3.92. The number of ketones is 1. The Kier molecular flexibility index (Phi) is 6.82. The number of methoxy groups -OCH3 is 1. The number of nitrogens with one attached hydrogen (secondary N) is 1. The van der Waals surface area contributed by atoms with Gasteiger partial charge in [-0.2, -0.15) is 0 Å². The minimum Gasteiger partial charge on any atom is -0.497 e. The molecule has 0 aliphatic heterocycles. The second-order valence-electron chi connectivity index (χ2n) is 5.63. The van der Waals surface area contributed by atoms with Gasteiger partial charge in [-0.1, -0.05) is 43.7 Å². The van der Waals surface area contributed by atoms with E-state index in [1.165, 1.54) is 0 Å². The summed E-state index contributed by atoms with van der Waals surface area (Å²) < 4.78 is 5.14. The van der Waals surface area contributed by atoms with Gasteiger partial charge in [0.1, 0.15) is 5.75 Å². The van der Waals surface area contributed by atoms with Gasteiger partial charge in [0.05, 0.1) is 7.11 Å². The Balaban J connectivity index is 2.07. The molecule has 122 valence electrons. The van der Waals surface area contributed by atoms with E-state index in [2.05, 4.69) is 24.4 Å². The van der Waals surface area contributed by atoms with Crippen molar-refractivity contribution in [3.63, 3.8) is 0 Å². The van der Waals surface area contributed by atoms with E-state index in [0.717, 1.165) is 36.3 Å². The zero-order valence-corrected chi connectivity index (χ0v) is 13.9. The topological polar surface area (TPSA) is 38.3 Å². The summed E-state index contributed by atoms with van der Waals surface area (Å²) in [5.74, 6) is 0.910. The second kappa shape index (κ2) is 9.11. The van der Waals surface area contributed by atoms with Crippen molar-refractivity contribution in [1.82, 2.24) is 5.32 Å². The van der Waals surface area contributed by atoms with E-state index in [4.69, 9.17) is 4.74 Å². The van der Waals surface area contributed by atoms with Crippen molar-refractivity contribution in [2.45, 2.75) is 32.2 Å². The van der Waals surface area contributed by atoms with Crippen molar-refractivity contribution in [3.05, 3.63) is 65.7 Å². The van der Waals surface area contributed by atoms with Crippen LogP contribution in [-0.4, -0.2) is 19.4 Å². The fourth-order valence-electron chi connectivity index (χ4n) is 2.53. The fraction of sp³-hybridized carbons (Fsp3) is 0.350. The molecule has 3 nitrogen and oxygen atoms in total. The maximum absolute atomic E-state index is 12.6. The average Bonchev–Trinajstić information content (AvgIpc) is 2.61. The molecule has 0 spiro atoms. The van der Waals surface area contributed by atoms with E-state index in [-0.39, 0.29) is 11.8 Å². The molecule has 0 aromatic heterocycles. The first-order chi connectivity index (χ1) is 11.2. The van der Waals surface area contributed by atoms with Crippen molar-refractivity contribution in [3.8, 4) is 5.75 Å². The molecule has 2 aromatic carbocycles. The largest absolute Gasteiger partial charge is 0.497 e. The van der Waals surface area contributed by atoms with Gasteiger partial charge in [0.15, 0.2) is 5.78 Å². The molecular weight excluding hydrogens is 286 g/mol. The van der Waals surface area contributed by atoms with Crippen LogP contribution < -0.4 is 10.1 Å². The summed E-state index contributed by atoms with van der Waals surface area (Å²) in [4.78, 5) is 12.6. The van der Waals surface area contributed by atoms with Crippen LogP contribution in [0.1, 0.15) is 48.1 Å². The molecule has 1 atom stereocenters. The molecular formula is C20H25NO2. The monoisotopic (exact) mass is 311 g/mol. The minimum atomic E-state index is 0.0531. The van der Waals surface area contributed by atoms with Crippen LogP contribution in [-0.2, 0) is 0 Å². The first kappa shape index (κ1) is 17.2. The number of carbonyl (C=O) groups is 1. The molecule has 0 aliphatic rings. The maximum atomic E-state index is 12.6. The molecule has 0 aliphatic carbocycles. The molecule has 2 rings (SSSR count). The Labute approximate surface area is 138 Å². The zero-order valence-electron chi connectivity index (χ0n) is 13.9. The van der Waals surface area contributed by atoms with Gasteiger partial charge in [-0.3, -0.25) is 4.79 Å². The minimum absolute atomic E-state index is 0.0531. The van der Waals surface area contributed by atoms with E-state index < -0.39 is 0 Å². The SMILES string of the molecule is CCCCNC(CC(=O)c1ccc(OC)cc1)c1ccccc1. The summed E-state index contributed by atoms with van der Waals surface area (Å²) in [6.07, 6.45) is 2.71. The third-order valence-electron chi connectivity index (χ3n) is 3.92. The Morgan fingerprint density at radius 1 is 1.09 bits per heavy atom. The average molecular weight is 311 g/mol. The molecule has 0 heterocycles. The normalized spacial score (nSPS) is 11.9. The van der Waals surface area contributed by atoms with E-state index in [1.807, 2.05) is 42.5 Å². The fourth-order valence-corrected chi connectivity index (χ4v) is 2.53. The molecule has 1 unspecified atom stereocenters. The third kappa shape index (κ3) is 5.22. The van der Waals surface area contributed by atoms with E-state index in [0.29, 0.717) is 6.42 Å². The van der Waals surface area contributed by atoms with E-state index >= 15 is 0 Å². The highest BCUT2D eigenvalue weighted by atomic mass is 16.5. The standard InChI is InChI=1S/C20H25NO2/c1-3-4-14-21-19(16-8-6-5-7-9-16)15-20(22)17-10-12-18(23-2)13-11-17/h5-13,19,21H,3-4,14-15H2,1-2H3. The van der Waals surface area contributed by atoms with Crippen molar-refractivity contribution in [1.29, 1.82) is 0 Å². The Hall–Kier alpha value is -2.13. The van der Waals surface area contributed by atoms with Gasteiger partial charge in [0.25, 0.3) is 0 Å². The molecule has 2 aromatic rings. The van der Waals surface area contributed by atoms with Crippen LogP contribution in [0.15, 0.2) is 54.6 Å². The van der Waals surface area contributed by atoms with Crippen LogP contribution >= 0.6 is 0 Å². The van der Waals surface area contributed by atoms with Crippen molar-refractivity contribution >= 4 is 5.78 Å². The Bertz CT molecular complexity index is 593. The van der Waals surface area contributed by atoms with Crippen LogP contribution in [0.4, 0.5) is 0 Å². The lowest BCUT2D eigenvalue weighted by atomic mass is 9.97. The van der Waals surface area contributed by atoms with Crippen LogP contribution in [0.3, 0.4) is 0 Å². The number of Topliss-reactive ketones (excluding diaryl/α,β-unsaturated/α-hetero) is 1. The quantitative estimate of drug-likeness (QED) is 0.551. The number of carbonyl (C=O) groups excluding carboxylic acids is 1. The highest BCUT2D eigenvalue weighted by molar-refractivity contribution is 5.96. The number of unbranched alkanes of at least 4 members (excludes halogenated alkanes) is 1. The molecule has 3 heteroatoms. The lowest BCUT2D eigenvalue weighted by Crippen LogP contribution is -2.25. The van der Waals surface area contributed by atoms with E-state index in [1.54, 1.807) is 7.11 Å². The summed E-state index contributed by atoms with van der Waals surface area (Å²) in [7, 11) is 1.62. The van der Waals surface area contributed by atoms with Gasteiger partial charge in [-0.15, -0.1) is 0 Å². The Morgan fingerprint density at radius 3 is 2.39 bits per heavy atom. The molecule has 0 bridgehead atoms. The molecule has 0 saturated heterocycles. The molecule has 1 N–H and O–H groups in total. The number of rotatable bonds is 9. The highest BCUT2D eigenvalue weighted by Crippen LogP contribution is 2.20. The zero-order chi connectivity index (χ0) is 16.5. The predicted molar refractivity (Wildman–Crippen MR) is 94.0 cm³/mol. The summed E-state index contributed by atoms with van der Waals surface area (Å²) in [6, 6.07) is 17.5. The van der Waals surface area contributed by atoms with Crippen LogP contribution in [0.25, 0.3) is 0 Å². The maximum Gasteiger partial charge on any atom is 0.164 e. The molecule has 0 radical (unpaired) electrons. The predicted octanol–water partition coefficient (Wildman–Crippen LogP) is 4.40. The molecule has 0 saturated carbocycles. The van der Waals surface area contributed by atoms with Gasteiger partial charge >= 0.3 is 0 Å². The lowest BCUT2D eigenvalue weighted by molar-refractivity contribution is 0.0968. The summed E-state index contributed by atoms with van der Waals surface area (Å²) in [5.41, 5.74) is 1.88. The van der Waals surface area contributed by atoms with Gasteiger partial charge in [-0.25, -0.2) is 0 Å². The van der Waals surface area contributed by atoms with Gasteiger partial charge in [0, 0.05) is 18.0 Å². The number of benzene rings is 2.